The second-order valence-corrected chi connectivity index (χ2v) is 8.85. The van der Waals surface area contributed by atoms with Crippen LogP contribution >= 0.6 is 0 Å². The molecule has 3 aromatic rings. The van der Waals surface area contributed by atoms with Gasteiger partial charge in [0.2, 0.25) is 0 Å². The average Bonchev–Trinajstić information content (AvgIpc) is 3.37. The van der Waals surface area contributed by atoms with Gasteiger partial charge in [-0.2, -0.15) is 0 Å². The lowest BCUT2D eigenvalue weighted by atomic mass is 10.1. The van der Waals surface area contributed by atoms with E-state index in [1.807, 2.05) is 42.5 Å². The van der Waals surface area contributed by atoms with Crippen molar-refractivity contribution in [3.8, 4) is 11.5 Å². The summed E-state index contributed by atoms with van der Waals surface area (Å²) < 4.78 is 5.90. The maximum Gasteiger partial charge on any atom is 0.307 e. The predicted molar refractivity (Wildman–Crippen MR) is 124 cm³/mol. The first-order valence-corrected chi connectivity index (χ1v) is 11.2. The predicted octanol–water partition coefficient (Wildman–Crippen LogP) is 4.56. The van der Waals surface area contributed by atoms with Gasteiger partial charge in [-0.3, -0.25) is 14.6 Å². The van der Waals surface area contributed by atoms with Crippen molar-refractivity contribution >= 4 is 5.97 Å². The molecule has 0 aromatic heterocycles. The molecule has 2 fully saturated rings. The number of likely N-dealkylation sites (tertiary alicyclic amines) is 2. The lowest BCUT2D eigenvalue weighted by Crippen LogP contribution is -2.45. The Labute approximate surface area is 188 Å². The van der Waals surface area contributed by atoms with Crippen molar-refractivity contribution < 1.29 is 14.6 Å². The molecule has 164 valence electrons. The lowest BCUT2D eigenvalue weighted by molar-refractivity contribution is -0.136. The third-order valence-electron chi connectivity index (χ3n) is 6.52. The van der Waals surface area contributed by atoms with Crippen LogP contribution in [-0.2, 0) is 24.3 Å². The molecule has 0 aliphatic carbocycles. The summed E-state index contributed by atoms with van der Waals surface area (Å²) in [5, 5.41) is 8.92. The molecular formula is C27H28N2O3. The number of carbonyl (C=O) groups is 1. The Hall–Kier alpha value is -3.15. The van der Waals surface area contributed by atoms with E-state index >= 15 is 0 Å². The largest absolute Gasteiger partial charge is 0.481 e. The zero-order chi connectivity index (χ0) is 21.9. The first kappa shape index (κ1) is 20.7. The molecule has 2 atom stereocenters. The van der Waals surface area contributed by atoms with Crippen molar-refractivity contribution in [2.45, 2.75) is 38.0 Å². The third-order valence-corrected chi connectivity index (χ3v) is 6.52. The first-order valence-electron chi connectivity index (χ1n) is 11.2. The van der Waals surface area contributed by atoms with E-state index in [1.54, 1.807) is 0 Å². The highest BCUT2D eigenvalue weighted by Crippen LogP contribution is 2.33. The van der Waals surface area contributed by atoms with E-state index in [4.69, 9.17) is 9.84 Å². The number of benzene rings is 3. The SMILES string of the molecule is O=C(O)Cc1ccc(CN2C[C@@H]3C[C@H]2CN3Cc2ccc(Oc3ccccc3)cc2)cc1. The highest BCUT2D eigenvalue weighted by molar-refractivity contribution is 5.70. The monoisotopic (exact) mass is 428 g/mol. The standard InChI is InChI=1S/C27H28N2O3/c30-27(31)14-20-6-8-21(9-7-20)16-28-18-24-15-23(28)19-29(24)17-22-10-12-26(13-11-22)32-25-4-2-1-3-5-25/h1-13,23-24H,14-19H2,(H,30,31)/t23-,24-/m0/s1. The third kappa shape index (κ3) is 4.85. The van der Waals surface area contributed by atoms with E-state index in [-0.39, 0.29) is 6.42 Å². The minimum absolute atomic E-state index is 0.0863. The Bertz CT molecular complexity index is 1050. The number of para-hydroxylation sites is 1. The van der Waals surface area contributed by atoms with Gasteiger partial charge in [0.25, 0.3) is 0 Å². The molecule has 2 bridgehead atoms. The van der Waals surface area contributed by atoms with Gasteiger partial charge in [0, 0.05) is 38.3 Å². The molecule has 5 heteroatoms. The Morgan fingerprint density at radius 3 is 1.78 bits per heavy atom. The van der Waals surface area contributed by atoms with Gasteiger partial charge in [0.15, 0.2) is 0 Å². The van der Waals surface area contributed by atoms with Gasteiger partial charge in [-0.15, -0.1) is 0 Å². The van der Waals surface area contributed by atoms with Crippen LogP contribution in [0.15, 0.2) is 78.9 Å². The summed E-state index contributed by atoms with van der Waals surface area (Å²) in [4.78, 5) is 16.0. The smallest absolute Gasteiger partial charge is 0.307 e. The number of aliphatic carboxylic acids is 1. The van der Waals surface area contributed by atoms with Crippen LogP contribution in [0.5, 0.6) is 11.5 Å². The van der Waals surface area contributed by atoms with Gasteiger partial charge in [-0.1, -0.05) is 54.6 Å². The zero-order valence-electron chi connectivity index (χ0n) is 18.1. The van der Waals surface area contributed by atoms with E-state index in [9.17, 15) is 4.79 Å². The van der Waals surface area contributed by atoms with Gasteiger partial charge in [-0.25, -0.2) is 0 Å². The Balaban J connectivity index is 1.13. The van der Waals surface area contributed by atoms with E-state index in [0.29, 0.717) is 12.1 Å². The number of ether oxygens (including phenoxy) is 1. The number of hydrogen-bond donors (Lipinski definition) is 1. The maximum atomic E-state index is 10.9. The lowest BCUT2D eigenvalue weighted by Gasteiger charge is -2.34. The van der Waals surface area contributed by atoms with Crippen LogP contribution in [0, 0.1) is 0 Å². The summed E-state index contributed by atoms with van der Waals surface area (Å²) in [7, 11) is 0. The van der Waals surface area contributed by atoms with Crippen molar-refractivity contribution in [1.29, 1.82) is 0 Å². The van der Waals surface area contributed by atoms with Crippen LogP contribution < -0.4 is 4.74 Å². The Morgan fingerprint density at radius 1 is 0.750 bits per heavy atom. The number of hydrogen-bond acceptors (Lipinski definition) is 4. The fraction of sp³-hybridized carbons (Fsp3) is 0.296. The van der Waals surface area contributed by atoms with E-state index in [0.717, 1.165) is 43.2 Å². The van der Waals surface area contributed by atoms with Crippen molar-refractivity contribution in [1.82, 2.24) is 9.80 Å². The molecule has 0 radical (unpaired) electrons. The molecule has 5 rings (SSSR count). The second kappa shape index (κ2) is 9.15. The van der Waals surface area contributed by atoms with Crippen LogP contribution in [0.4, 0.5) is 0 Å². The fourth-order valence-electron chi connectivity index (χ4n) is 4.91. The summed E-state index contributed by atoms with van der Waals surface area (Å²) in [6, 6.07) is 27.5. The van der Waals surface area contributed by atoms with Gasteiger partial charge in [0.1, 0.15) is 11.5 Å². The number of carboxylic acids is 1. The highest BCUT2D eigenvalue weighted by atomic mass is 16.5. The topological polar surface area (TPSA) is 53.0 Å². The molecule has 0 saturated carbocycles. The molecule has 1 N–H and O–H groups in total. The van der Waals surface area contributed by atoms with Crippen LogP contribution in [0.1, 0.15) is 23.1 Å². The molecule has 0 spiro atoms. The van der Waals surface area contributed by atoms with Crippen LogP contribution in [0.3, 0.4) is 0 Å². The molecule has 0 unspecified atom stereocenters. The molecule has 0 amide bonds. The van der Waals surface area contributed by atoms with Crippen molar-refractivity contribution in [2.24, 2.45) is 0 Å². The molecule has 3 aromatic carbocycles. The van der Waals surface area contributed by atoms with E-state index < -0.39 is 5.97 Å². The number of piperazine rings is 1. The summed E-state index contributed by atoms with van der Waals surface area (Å²) in [6.45, 7) is 4.11. The minimum Gasteiger partial charge on any atom is -0.481 e. The fourth-order valence-corrected chi connectivity index (χ4v) is 4.91. The summed E-state index contributed by atoms with van der Waals surface area (Å²) in [5.41, 5.74) is 3.43. The molecular weight excluding hydrogens is 400 g/mol. The number of nitrogens with zero attached hydrogens (tertiary/aromatic N) is 2. The van der Waals surface area contributed by atoms with Gasteiger partial charge >= 0.3 is 5.97 Å². The molecule has 2 heterocycles. The minimum atomic E-state index is -0.784. The average molecular weight is 429 g/mol. The summed E-state index contributed by atoms with van der Waals surface area (Å²) in [5.74, 6) is 0.935. The maximum absolute atomic E-state index is 10.9. The van der Waals surface area contributed by atoms with Gasteiger partial charge in [-0.05, 0) is 47.4 Å². The quantitative estimate of drug-likeness (QED) is 0.570. The molecule has 5 nitrogen and oxygen atoms in total. The molecule has 2 aliphatic rings. The number of fused-ring (bicyclic) bond motifs is 2. The summed E-state index contributed by atoms with van der Waals surface area (Å²) in [6.07, 6.45) is 1.31. The van der Waals surface area contributed by atoms with Crippen molar-refractivity contribution in [2.75, 3.05) is 13.1 Å². The van der Waals surface area contributed by atoms with Crippen molar-refractivity contribution in [3.05, 3.63) is 95.6 Å². The van der Waals surface area contributed by atoms with E-state index in [2.05, 4.69) is 46.2 Å². The number of carboxylic acid groups (broad SMARTS) is 1. The highest BCUT2D eigenvalue weighted by Gasteiger charge is 2.42. The Kier molecular flexibility index (Phi) is 5.93. The van der Waals surface area contributed by atoms with Crippen LogP contribution in [-0.4, -0.2) is 46.0 Å². The van der Waals surface area contributed by atoms with Gasteiger partial charge in [0.05, 0.1) is 6.42 Å². The zero-order valence-corrected chi connectivity index (χ0v) is 18.1. The number of rotatable bonds is 8. The summed E-state index contributed by atoms with van der Waals surface area (Å²) >= 11 is 0. The molecule has 2 saturated heterocycles. The van der Waals surface area contributed by atoms with E-state index in [1.165, 1.54) is 17.5 Å². The normalized spacial score (nSPS) is 20.5. The van der Waals surface area contributed by atoms with Crippen LogP contribution in [0.2, 0.25) is 0 Å². The molecule has 32 heavy (non-hydrogen) atoms. The second-order valence-electron chi connectivity index (χ2n) is 8.85. The van der Waals surface area contributed by atoms with Gasteiger partial charge < -0.3 is 9.84 Å². The molecule has 2 aliphatic heterocycles. The Morgan fingerprint density at radius 2 is 1.25 bits per heavy atom. The first-order chi connectivity index (χ1) is 15.6. The van der Waals surface area contributed by atoms with Crippen molar-refractivity contribution in [3.63, 3.8) is 0 Å². The van der Waals surface area contributed by atoms with Crippen LogP contribution in [0.25, 0.3) is 0 Å².